The van der Waals surface area contributed by atoms with Crippen LogP contribution in [0, 0.1) is 11.8 Å². The second-order valence-corrected chi connectivity index (χ2v) is 14.7. The minimum absolute atomic E-state index is 0.0397. The number of hydrogen-bond acceptors (Lipinski definition) is 9. The third kappa shape index (κ3) is 11.9. The molecule has 1 aromatic carbocycles. The molecule has 0 saturated carbocycles. The predicted octanol–water partition coefficient (Wildman–Crippen LogP) is 4.84. The van der Waals surface area contributed by atoms with Gasteiger partial charge < -0.3 is 25.4 Å². The smallest absolute Gasteiger partial charge is 0.306 e. The molecule has 1 aliphatic rings. The van der Waals surface area contributed by atoms with Crippen molar-refractivity contribution in [1.29, 1.82) is 0 Å². The molecule has 1 aromatic heterocycles. The number of nitrogens with one attached hydrogen (secondary N) is 2. The number of carboxylic acids is 1. The summed E-state index contributed by atoms with van der Waals surface area (Å²) < 4.78 is 5.74. The van der Waals surface area contributed by atoms with Crippen molar-refractivity contribution in [3.05, 3.63) is 52.0 Å². The minimum atomic E-state index is -0.944. The van der Waals surface area contributed by atoms with Crippen LogP contribution >= 0.6 is 11.3 Å². The zero-order chi connectivity index (χ0) is 37.0. The van der Waals surface area contributed by atoms with Gasteiger partial charge in [-0.3, -0.25) is 28.9 Å². The van der Waals surface area contributed by atoms with Gasteiger partial charge in [-0.1, -0.05) is 70.9 Å². The maximum Gasteiger partial charge on any atom is 0.306 e. The van der Waals surface area contributed by atoms with Crippen LogP contribution in [0.3, 0.4) is 0 Å². The van der Waals surface area contributed by atoms with E-state index in [-0.39, 0.29) is 48.4 Å². The zero-order valence-corrected chi connectivity index (χ0v) is 31.3. The molecule has 2 aromatic rings. The number of likely N-dealkylation sites (tertiary alicyclic amines) is 1. The molecule has 2 heterocycles. The number of carbonyl (C=O) groups excluding carboxylic acids is 4. The summed E-state index contributed by atoms with van der Waals surface area (Å²) in [6.07, 6.45) is 4.06. The number of esters is 1. The van der Waals surface area contributed by atoms with Gasteiger partial charge in [0.15, 0.2) is 6.10 Å². The molecular formula is C37H55N5O7S. The number of aromatic nitrogens is 1. The van der Waals surface area contributed by atoms with E-state index in [1.54, 1.807) is 24.3 Å². The maximum atomic E-state index is 14.0. The van der Waals surface area contributed by atoms with E-state index in [2.05, 4.69) is 15.6 Å². The van der Waals surface area contributed by atoms with Crippen molar-refractivity contribution in [1.82, 2.24) is 25.4 Å². The number of rotatable bonds is 18. The number of aliphatic carboxylic acids is 1. The van der Waals surface area contributed by atoms with Gasteiger partial charge in [0, 0.05) is 37.9 Å². The second kappa shape index (κ2) is 19.5. The van der Waals surface area contributed by atoms with Gasteiger partial charge in [-0.05, 0) is 57.2 Å². The molecule has 6 atom stereocenters. The average molecular weight is 714 g/mol. The summed E-state index contributed by atoms with van der Waals surface area (Å²) in [4.78, 5) is 72.8. The van der Waals surface area contributed by atoms with Crippen LogP contribution in [-0.4, -0.2) is 94.4 Å². The van der Waals surface area contributed by atoms with Crippen LogP contribution in [0.2, 0.25) is 0 Å². The second-order valence-electron chi connectivity index (χ2n) is 13.8. The highest BCUT2D eigenvalue weighted by molar-refractivity contribution is 7.09. The lowest BCUT2D eigenvalue weighted by molar-refractivity contribution is -0.149. The summed E-state index contributed by atoms with van der Waals surface area (Å²) in [5, 5.41) is 17.5. The summed E-state index contributed by atoms with van der Waals surface area (Å²) in [7, 11) is 3.65. The molecule has 1 saturated heterocycles. The van der Waals surface area contributed by atoms with Gasteiger partial charge in [0.25, 0.3) is 5.91 Å². The summed E-state index contributed by atoms with van der Waals surface area (Å²) in [5.41, 5.74) is 1.09. The summed E-state index contributed by atoms with van der Waals surface area (Å²) >= 11 is 1.18. The summed E-state index contributed by atoms with van der Waals surface area (Å²) in [6, 6.07) is 7.74. The fourth-order valence-electron chi connectivity index (χ4n) is 6.54. The van der Waals surface area contributed by atoms with Gasteiger partial charge in [0.1, 0.15) is 16.7 Å². The standard InChI is InChI=1S/C37H55N5O7S/c1-8-14-28(39-34(45)30-17-12-13-18-41(30)6)36(46)42(7)31(23(2)3)21-32(49-25(5)43)35-40-29(22-50-35)33(44)38-27(19-24(4)37(47)48)20-26-15-10-9-11-16-26/h9-11,15-16,22-24,27-28,30-32H,8,12-14,17-21H2,1-7H3,(H,38,44)(H,39,45)(H,47,48)/t24-,27+,28-,30+,31+,32+/m0/s1. The number of nitrogens with zero attached hydrogens (tertiary/aromatic N) is 3. The number of carboxylic acid groups (broad SMARTS) is 1. The van der Waals surface area contributed by atoms with E-state index >= 15 is 0 Å². The van der Waals surface area contributed by atoms with E-state index in [0.717, 1.165) is 31.4 Å². The lowest BCUT2D eigenvalue weighted by Gasteiger charge is -2.37. The number of amides is 3. The molecule has 13 heteroatoms. The molecule has 0 spiro atoms. The predicted molar refractivity (Wildman–Crippen MR) is 193 cm³/mol. The Labute approximate surface area is 300 Å². The molecule has 0 unspecified atom stereocenters. The van der Waals surface area contributed by atoms with E-state index < -0.39 is 42.0 Å². The van der Waals surface area contributed by atoms with Crippen molar-refractivity contribution in [2.45, 2.75) is 116 Å². The first-order chi connectivity index (χ1) is 23.7. The molecule has 3 amide bonds. The van der Waals surface area contributed by atoms with Crippen molar-refractivity contribution in [2.75, 3.05) is 20.6 Å². The summed E-state index contributed by atoms with van der Waals surface area (Å²) in [5.74, 6) is -2.98. The lowest BCUT2D eigenvalue weighted by atomic mass is 9.95. The van der Waals surface area contributed by atoms with Crippen molar-refractivity contribution >= 4 is 41.0 Å². The first kappa shape index (κ1) is 40.6. The third-order valence-electron chi connectivity index (χ3n) is 9.39. The number of thiazole rings is 1. The largest absolute Gasteiger partial charge is 0.481 e. The van der Waals surface area contributed by atoms with Crippen molar-refractivity contribution in [3.8, 4) is 0 Å². The highest BCUT2D eigenvalue weighted by Crippen LogP contribution is 2.31. The van der Waals surface area contributed by atoms with Crippen LogP contribution in [0.4, 0.5) is 0 Å². The monoisotopic (exact) mass is 713 g/mol. The Morgan fingerprint density at radius 3 is 2.38 bits per heavy atom. The molecule has 0 bridgehead atoms. The normalized spacial score (nSPS) is 18.0. The molecular weight excluding hydrogens is 659 g/mol. The fourth-order valence-corrected chi connectivity index (χ4v) is 7.38. The molecule has 12 nitrogen and oxygen atoms in total. The van der Waals surface area contributed by atoms with E-state index in [9.17, 15) is 29.1 Å². The van der Waals surface area contributed by atoms with E-state index in [4.69, 9.17) is 4.74 Å². The fraction of sp³-hybridized carbons (Fsp3) is 0.622. The minimum Gasteiger partial charge on any atom is -0.481 e. The van der Waals surface area contributed by atoms with Gasteiger partial charge in [-0.15, -0.1) is 11.3 Å². The molecule has 0 radical (unpaired) electrons. The van der Waals surface area contributed by atoms with Gasteiger partial charge >= 0.3 is 11.9 Å². The van der Waals surface area contributed by atoms with Crippen LogP contribution in [0.25, 0.3) is 0 Å². The zero-order valence-electron chi connectivity index (χ0n) is 30.5. The van der Waals surface area contributed by atoms with Crippen LogP contribution in [0.15, 0.2) is 35.7 Å². The van der Waals surface area contributed by atoms with Crippen LogP contribution in [0.5, 0.6) is 0 Å². The Bertz CT molecular complexity index is 1430. The lowest BCUT2D eigenvalue weighted by Crippen LogP contribution is -2.56. The molecule has 3 N–H and O–H groups in total. The molecule has 0 aliphatic carbocycles. The van der Waals surface area contributed by atoms with Crippen LogP contribution < -0.4 is 10.6 Å². The van der Waals surface area contributed by atoms with Crippen LogP contribution in [-0.2, 0) is 30.3 Å². The Balaban J connectivity index is 1.78. The first-order valence-electron chi connectivity index (χ1n) is 17.7. The Hall–Kier alpha value is -3.84. The number of piperidine rings is 1. The number of benzene rings is 1. The SMILES string of the molecule is CCC[C@H](NC(=O)[C@H]1CCCCN1C)C(=O)N(C)[C@H](C[C@@H](OC(C)=O)c1nc(C(=O)N[C@@H](Cc2ccccc2)C[C@H](C)C(=O)O)cs1)C(C)C. The Morgan fingerprint density at radius 2 is 1.78 bits per heavy atom. The van der Waals surface area contributed by atoms with E-state index in [1.807, 2.05) is 63.1 Å². The number of hydrogen-bond donors (Lipinski definition) is 3. The van der Waals surface area contributed by atoms with Crippen molar-refractivity contribution in [2.24, 2.45) is 11.8 Å². The van der Waals surface area contributed by atoms with Crippen molar-refractivity contribution in [3.63, 3.8) is 0 Å². The van der Waals surface area contributed by atoms with Gasteiger partial charge in [-0.25, -0.2) is 4.98 Å². The highest BCUT2D eigenvalue weighted by atomic mass is 32.1. The molecule has 50 heavy (non-hydrogen) atoms. The van der Waals surface area contributed by atoms with E-state index in [0.29, 0.717) is 24.3 Å². The highest BCUT2D eigenvalue weighted by Gasteiger charge is 2.35. The van der Waals surface area contributed by atoms with Crippen molar-refractivity contribution < 1.29 is 33.8 Å². The number of ether oxygens (including phenoxy) is 1. The molecule has 1 aliphatic heterocycles. The number of likely N-dealkylation sites (N-methyl/N-ethyl adjacent to an activating group) is 2. The molecule has 1 fully saturated rings. The molecule has 276 valence electrons. The van der Waals surface area contributed by atoms with Gasteiger partial charge in [0.2, 0.25) is 11.8 Å². The third-order valence-corrected chi connectivity index (χ3v) is 10.3. The van der Waals surface area contributed by atoms with E-state index in [1.165, 1.54) is 18.3 Å². The van der Waals surface area contributed by atoms with Crippen LogP contribution in [0.1, 0.15) is 107 Å². The summed E-state index contributed by atoms with van der Waals surface area (Å²) in [6.45, 7) is 9.70. The van der Waals surface area contributed by atoms with Gasteiger partial charge in [0.05, 0.1) is 12.0 Å². The Kier molecular flexibility index (Phi) is 15.8. The Morgan fingerprint density at radius 1 is 1.08 bits per heavy atom. The number of carbonyl (C=O) groups is 5. The molecule has 3 rings (SSSR count). The topological polar surface area (TPSA) is 158 Å². The maximum absolute atomic E-state index is 14.0. The quantitative estimate of drug-likeness (QED) is 0.184. The average Bonchev–Trinajstić information content (AvgIpc) is 3.56. The van der Waals surface area contributed by atoms with Gasteiger partial charge in [-0.2, -0.15) is 0 Å². The first-order valence-corrected chi connectivity index (χ1v) is 18.6.